The van der Waals surface area contributed by atoms with Gasteiger partial charge in [-0.05, 0) is 37.0 Å². The van der Waals surface area contributed by atoms with E-state index in [4.69, 9.17) is 4.74 Å². The summed E-state index contributed by atoms with van der Waals surface area (Å²) in [5, 5.41) is 14.6. The van der Waals surface area contributed by atoms with Crippen molar-refractivity contribution in [2.75, 3.05) is 17.2 Å². The number of rotatable bonds is 6. The van der Waals surface area contributed by atoms with Crippen LogP contribution in [0.5, 0.6) is 0 Å². The summed E-state index contributed by atoms with van der Waals surface area (Å²) in [5.74, 6) is -2.44. The van der Waals surface area contributed by atoms with Crippen LogP contribution in [0.15, 0.2) is 36.4 Å². The van der Waals surface area contributed by atoms with Gasteiger partial charge in [0.25, 0.3) is 0 Å². The average Bonchev–Trinajstić information content (AvgIpc) is 2.60. The Morgan fingerprint density at radius 3 is 2.35 bits per heavy atom. The minimum absolute atomic E-state index is 0.234. The summed E-state index contributed by atoms with van der Waals surface area (Å²) in [6.07, 6.45) is 3.78. The zero-order valence-corrected chi connectivity index (χ0v) is 14.9. The second kappa shape index (κ2) is 9.03. The van der Waals surface area contributed by atoms with Gasteiger partial charge < -0.3 is 15.2 Å². The number of nitrogens with one attached hydrogen (secondary N) is 2. The van der Waals surface area contributed by atoms with E-state index in [-0.39, 0.29) is 11.8 Å². The van der Waals surface area contributed by atoms with E-state index in [0.717, 1.165) is 0 Å². The molecule has 2 amide bonds. The van der Waals surface area contributed by atoms with Gasteiger partial charge in [-0.1, -0.05) is 32.1 Å². The molecular weight excluding hydrogens is 336 g/mol. The maximum absolute atomic E-state index is 12.5. The van der Waals surface area contributed by atoms with Crippen LogP contribution in [-0.4, -0.2) is 29.7 Å². The van der Waals surface area contributed by atoms with Gasteiger partial charge >= 0.3 is 12.1 Å². The van der Waals surface area contributed by atoms with Crippen LogP contribution in [0.4, 0.5) is 16.2 Å². The molecule has 3 N–H and O–H groups in total. The van der Waals surface area contributed by atoms with Gasteiger partial charge in [0.1, 0.15) is 0 Å². The number of aliphatic carboxylic acids is 1. The molecule has 0 saturated carbocycles. The summed E-state index contributed by atoms with van der Waals surface area (Å²) in [7, 11) is 0. The highest BCUT2D eigenvalue weighted by molar-refractivity contribution is 5.96. The summed E-state index contributed by atoms with van der Waals surface area (Å²) >= 11 is 0. The number of hydrogen-bond acceptors (Lipinski definition) is 4. The largest absolute Gasteiger partial charge is 0.481 e. The minimum Gasteiger partial charge on any atom is -0.481 e. The van der Waals surface area contributed by atoms with Crippen LogP contribution in [0.1, 0.15) is 26.7 Å². The zero-order valence-electron chi connectivity index (χ0n) is 14.9. The van der Waals surface area contributed by atoms with Crippen LogP contribution in [-0.2, 0) is 14.3 Å². The fourth-order valence-electron chi connectivity index (χ4n) is 2.68. The lowest BCUT2D eigenvalue weighted by atomic mass is 9.82. The van der Waals surface area contributed by atoms with Crippen LogP contribution in [0, 0.1) is 17.8 Å². The Bertz CT molecular complexity index is 699. The summed E-state index contributed by atoms with van der Waals surface area (Å²) in [6.45, 7) is 4.19. The topological polar surface area (TPSA) is 105 Å². The van der Waals surface area contributed by atoms with Crippen LogP contribution in [0.25, 0.3) is 0 Å². The van der Waals surface area contributed by atoms with Gasteiger partial charge in [-0.3, -0.25) is 14.9 Å². The minimum atomic E-state index is -0.974. The number of carboxylic acids is 1. The number of anilines is 2. The summed E-state index contributed by atoms with van der Waals surface area (Å²) in [6, 6.07) is 6.64. The molecule has 1 aromatic carbocycles. The molecule has 1 aliphatic rings. The number of benzene rings is 1. The van der Waals surface area contributed by atoms with Gasteiger partial charge in [-0.15, -0.1) is 0 Å². The third-order valence-corrected chi connectivity index (χ3v) is 4.01. The first-order chi connectivity index (χ1) is 12.4. The van der Waals surface area contributed by atoms with Crippen LogP contribution >= 0.6 is 0 Å². The molecule has 2 atom stereocenters. The maximum Gasteiger partial charge on any atom is 0.411 e. The van der Waals surface area contributed by atoms with E-state index in [9.17, 15) is 19.5 Å². The second-order valence-corrected chi connectivity index (χ2v) is 6.68. The Balaban J connectivity index is 1.99. The van der Waals surface area contributed by atoms with Crippen molar-refractivity contribution in [1.29, 1.82) is 0 Å². The summed E-state index contributed by atoms with van der Waals surface area (Å²) < 4.78 is 5.05. The molecule has 7 nitrogen and oxygen atoms in total. The summed E-state index contributed by atoms with van der Waals surface area (Å²) in [5.41, 5.74) is 0.963. The standard InChI is InChI=1S/C19H24N2O5/c1-12(2)11-26-19(25)21-14-7-5-6-13(10-14)20-17(22)15-8-3-4-9-16(15)18(23)24/h3-7,10,12,15-16H,8-9,11H2,1-2H3,(H,20,22)(H,21,25)(H,23,24)/t15-,16-/m1/s1. The molecule has 0 spiro atoms. The van der Waals surface area contributed by atoms with Gasteiger partial charge in [0, 0.05) is 11.4 Å². The molecule has 0 fully saturated rings. The molecule has 0 unspecified atom stereocenters. The van der Waals surface area contributed by atoms with Crippen molar-refractivity contribution in [1.82, 2.24) is 0 Å². The first-order valence-corrected chi connectivity index (χ1v) is 8.59. The molecule has 0 saturated heterocycles. The number of allylic oxidation sites excluding steroid dienone is 2. The number of carboxylic acid groups (broad SMARTS) is 1. The van der Waals surface area contributed by atoms with E-state index in [1.807, 2.05) is 19.9 Å². The number of amides is 2. The fourth-order valence-corrected chi connectivity index (χ4v) is 2.68. The smallest absolute Gasteiger partial charge is 0.411 e. The molecule has 0 heterocycles. The highest BCUT2D eigenvalue weighted by Crippen LogP contribution is 2.27. The zero-order chi connectivity index (χ0) is 19.1. The monoisotopic (exact) mass is 360 g/mol. The molecular formula is C19H24N2O5. The lowest BCUT2D eigenvalue weighted by Crippen LogP contribution is -2.34. The van der Waals surface area contributed by atoms with Crippen molar-refractivity contribution >= 4 is 29.3 Å². The average molecular weight is 360 g/mol. The fraction of sp³-hybridized carbons (Fsp3) is 0.421. The summed E-state index contributed by atoms with van der Waals surface area (Å²) in [4.78, 5) is 35.5. The highest BCUT2D eigenvalue weighted by Gasteiger charge is 2.33. The third-order valence-electron chi connectivity index (χ3n) is 4.01. The van der Waals surface area contributed by atoms with Crippen molar-refractivity contribution in [2.24, 2.45) is 17.8 Å². The van der Waals surface area contributed by atoms with E-state index in [1.54, 1.807) is 30.3 Å². The second-order valence-electron chi connectivity index (χ2n) is 6.68. The van der Waals surface area contributed by atoms with Gasteiger partial charge in [-0.25, -0.2) is 4.79 Å². The van der Waals surface area contributed by atoms with Crippen molar-refractivity contribution in [3.63, 3.8) is 0 Å². The normalized spacial score (nSPS) is 19.0. The molecule has 1 aromatic rings. The number of carbonyl (C=O) groups is 3. The first kappa shape index (κ1) is 19.5. The van der Waals surface area contributed by atoms with E-state index in [1.165, 1.54) is 0 Å². The van der Waals surface area contributed by atoms with E-state index >= 15 is 0 Å². The molecule has 0 aromatic heterocycles. The van der Waals surface area contributed by atoms with Crippen molar-refractivity contribution in [3.8, 4) is 0 Å². The molecule has 2 rings (SSSR count). The predicted molar refractivity (Wildman–Crippen MR) is 97.9 cm³/mol. The van der Waals surface area contributed by atoms with E-state index in [2.05, 4.69) is 10.6 Å². The number of carbonyl (C=O) groups excluding carboxylic acids is 2. The Kier molecular flexibility index (Phi) is 6.77. The highest BCUT2D eigenvalue weighted by atomic mass is 16.5. The van der Waals surface area contributed by atoms with Gasteiger partial charge in [0.2, 0.25) is 5.91 Å². The molecule has 0 radical (unpaired) electrons. The maximum atomic E-state index is 12.5. The van der Waals surface area contributed by atoms with Gasteiger partial charge in [-0.2, -0.15) is 0 Å². The van der Waals surface area contributed by atoms with Crippen molar-refractivity contribution in [2.45, 2.75) is 26.7 Å². The van der Waals surface area contributed by atoms with Crippen LogP contribution < -0.4 is 10.6 Å². The van der Waals surface area contributed by atoms with Crippen molar-refractivity contribution in [3.05, 3.63) is 36.4 Å². The van der Waals surface area contributed by atoms with E-state index < -0.39 is 23.9 Å². The van der Waals surface area contributed by atoms with Gasteiger partial charge in [0.15, 0.2) is 0 Å². The SMILES string of the molecule is CC(C)COC(=O)Nc1cccc(NC(=O)[C@@H]2CC=CC[C@H]2C(=O)O)c1. The van der Waals surface area contributed by atoms with Crippen LogP contribution in [0.3, 0.4) is 0 Å². The van der Waals surface area contributed by atoms with Crippen molar-refractivity contribution < 1.29 is 24.2 Å². The predicted octanol–water partition coefficient (Wildman–Crippen LogP) is 3.50. The Morgan fingerprint density at radius 1 is 1.12 bits per heavy atom. The molecule has 0 bridgehead atoms. The molecule has 0 aliphatic heterocycles. The molecule has 1 aliphatic carbocycles. The Morgan fingerprint density at radius 2 is 1.73 bits per heavy atom. The Labute approximate surface area is 152 Å². The third kappa shape index (κ3) is 5.61. The number of hydrogen-bond donors (Lipinski definition) is 3. The number of ether oxygens (including phenoxy) is 1. The lowest BCUT2D eigenvalue weighted by Gasteiger charge is -2.24. The molecule has 7 heteroatoms. The van der Waals surface area contributed by atoms with Crippen LogP contribution in [0.2, 0.25) is 0 Å². The first-order valence-electron chi connectivity index (χ1n) is 8.59. The van der Waals surface area contributed by atoms with E-state index in [0.29, 0.717) is 30.8 Å². The Hall–Kier alpha value is -2.83. The lowest BCUT2D eigenvalue weighted by molar-refractivity contribution is -0.146. The quantitative estimate of drug-likeness (QED) is 0.674. The van der Waals surface area contributed by atoms with Gasteiger partial charge in [0.05, 0.1) is 18.4 Å². The molecule has 140 valence electrons. The molecule has 26 heavy (non-hydrogen) atoms.